The molecule has 0 unspecified atom stereocenters. The average molecular weight is 671 g/mol. The summed E-state index contributed by atoms with van der Waals surface area (Å²) in [5, 5.41) is 9.67. The molecule has 45 heavy (non-hydrogen) atoms. The molecule has 3 aromatic carbocycles. The highest BCUT2D eigenvalue weighted by molar-refractivity contribution is 5.52. The molecule has 0 spiro atoms. The van der Waals surface area contributed by atoms with Crippen molar-refractivity contribution < 1.29 is 76.0 Å². The van der Waals surface area contributed by atoms with E-state index < -0.39 is 72.8 Å². The Morgan fingerprint density at radius 2 is 1.24 bits per heavy atom. The van der Waals surface area contributed by atoms with Crippen LogP contribution in [0, 0.1) is 0 Å². The van der Waals surface area contributed by atoms with Gasteiger partial charge in [0.2, 0.25) is 0 Å². The molecule has 0 amide bonds. The zero-order valence-electron chi connectivity index (χ0n) is 22.0. The third-order valence-corrected chi connectivity index (χ3v) is 5.92. The molecule has 0 aliphatic carbocycles. The minimum atomic E-state index is -6.65. The van der Waals surface area contributed by atoms with E-state index in [2.05, 4.69) is 4.74 Å². The van der Waals surface area contributed by atoms with Crippen molar-refractivity contribution in [3.8, 4) is 17.2 Å². The molecule has 4 nitrogen and oxygen atoms in total. The fourth-order valence-electron chi connectivity index (χ4n) is 3.70. The van der Waals surface area contributed by atoms with Crippen molar-refractivity contribution in [2.75, 3.05) is 11.4 Å². The summed E-state index contributed by atoms with van der Waals surface area (Å²) in [7, 11) is 0. The van der Waals surface area contributed by atoms with Gasteiger partial charge in [-0.15, -0.1) is 0 Å². The first-order chi connectivity index (χ1) is 20.5. The van der Waals surface area contributed by atoms with E-state index in [1.54, 1.807) is 0 Å². The van der Waals surface area contributed by atoms with E-state index in [1.807, 2.05) is 0 Å². The highest BCUT2D eigenvalue weighted by Gasteiger charge is 2.73. The van der Waals surface area contributed by atoms with Crippen LogP contribution >= 0.6 is 0 Å². The van der Waals surface area contributed by atoms with Crippen molar-refractivity contribution in [2.45, 2.75) is 49.4 Å². The maximum Gasteiger partial charge on any atom is 0.461 e. The maximum absolute atomic E-state index is 14.3. The van der Waals surface area contributed by atoms with E-state index >= 15 is 0 Å². The van der Waals surface area contributed by atoms with Gasteiger partial charge in [0.1, 0.15) is 17.2 Å². The summed E-state index contributed by atoms with van der Waals surface area (Å²) >= 11 is 0. The van der Waals surface area contributed by atoms with Gasteiger partial charge in [-0.25, -0.2) is 0 Å². The van der Waals surface area contributed by atoms with E-state index in [9.17, 15) is 66.6 Å². The van der Waals surface area contributed by atoms with Crippen molar-refractivity contribution in [2.24, 2.45) is 0 Å². The van der Waals surface area contributed by atoms with Gasteiger partial charge in [0, 0.05) is 29.9 Å². The standard InChI is InChI=1S/C27H19F14NO3/c28-22(29)25(35,36)45-20-9-3-8-19(12-20)44-18-7-2-6-17(11-18)42(14-21(43)24(32,33)34)13-15-4-1-5-16(10-15)23(30,31)26(37,38)27(39,40)41/h1-12,21-22,43H,13-14H2/t21-/m1/s1. The van der Waals surface area contributed by atoms with Gasteiger partial charge in [0.25, 0.3) is 0 Å². The lowest BCUT2D eigenvalue weighted by atomic mass is 9.99. The minimum absolute atomic E-state index is 0.220. The normalized spacial score (nSPS) is 14.0. The highest BCUT2D eigenvalue weighted by atomic mass is 19.4. The largest absolute Gasteiger partial charge is 0.461 e. The summed E-state index contributed by atoms with van der Waals surface area (Å²) in [6.45, 7) is -2.14. The van der Waals surface area contributed by atoms with Crippen LogP contribution in [0.25, 0.3) is 0 Å². The monoisotopic (exact) mass is 671 g/mol. The van der Waals surface area contributed by atoms with Crippen LogP contribution in [0.3, 0.4) is 0 Å². The highest BCUT2D eigenvalue weighted by Crippen LogP contribution is 2.51. The van der Waals surface area contributed by atoms with Crippen LogP contribution in [-0.4, -0.2) is 48.6 Å². The van der Waals surface area contributed by atoms with Gasteiger partial charge in [0.15, 0.2) is 6.10 Å². The lowest BCUT2D eigenvalue weighted by molar-refractivity contribution is -0.359. The minimum Gasteiger partial charge on any atom is -0.457 e. The SMILES string of the molecule is O[C@H](CN(Cc1cccc(C(F)(F)C(F)(F)C(F)(F)F)c1)c1cccc(Oc2cccc(OC(F)(F)C(F)F)c2)c1)C(F)(F)F. The molecular weight excluding hydrogens is 652 g/mol. The lowest BCUT2D eigenvalue weighted by Gasteiger charge is -2.30. The van der Waals surface area contributed by atoms with Gasteiger partial charge in [-0.3, -0.25) is 0 Å². The predicted molar refractivity (Wildman–Crippen MR) is 129 cm³/mol. The maximum atomic E-state index is 14.3. The van der Waals surface area contributed by atoms with Gasteiger partial charge < -0.3 is 19.5 Å². The molecule has 0 saturated carbocycles. The molecule has 1 atom stereocenters. The smallest absolute Gasteiger partial charge is 0.457 e. The van der Waals surface area contributed by atoms with Crippen LogP contribution in [-0.2, 0) is 12.5 Å². The third-order valence-electron chi connectivity index (χ3n) is 5.92. The number of rotatable bonds is 12. The fraction of sp³-hybridized carbons (Fsp3) is 0.333. The van der Waals surface area contributed by atoms with Crippen molar-refractivity contribution in [1.29, 1.82) is 0 Å². The van der Waals surface area contributed by atoms with Crippen LogP contribution in [0.4, 0.5) is 67.2 Å². The van der Waals surface area contributed by atoms with Crippen LogP contribution in [0.1, 0.15) is 11.1 Å². The van der Waals surface area contributed by atoms with E-state index in [0.717, 1.165) is 42.5 Å². The predicted octanol–water partition coefficient (Wildman–Crippen LogP) is 8.93. The number of hydrogen-bond acceptors (Lipinski definition) is 4. The Morgan fingerprint density at radius 3 is 1.82 bits per heavy atom. The molecule has 0 bridgehead atoms. The molecule has 0 aliphatic heterocycles. The number of nitrogens with zero attached hydrogens (tertiary/aromatic N) is 1. The topological polar surface area (TPSA) is 41.9 Å². The van der Waals surface area contributed by atoms with Crippen LogP contribution < -0.4 is 14.4 Å². The van der Waals surface area contributed by atoms with Gasteiger partial charge in [-0.2, -0.15) is 61.5 Å². The van der Waals surface area contributed by atoms with Crippen LogP contribution in [0.5, 0.6) is 17.2 Å². The molecular formula is C27H19F14NO3. The second-order valence-electron chi connectivity index (χ2n) is 9.32. The molecule has 1 N–H and O–H groups in total. The number of aliphatic hydroxyl groups excluding tert-OH is 1. The summed E-state index contributed by atoms with van der Waals surface area (Å²) in [6.07, 6.45) is -24.0. The fourth-order valence-corrected chi connectivity index (χ4v) is 3.70. The quantitative estimate of drug-likeness (QED) is 0.195. The van der Waals surface area contributed by atoms with Crippen molar-refractivity contribution >= 4 is 5.69 Å². The second kappa shape index (κ2) is 12.8. The molecule has 3 rings (SSSR count). The first-order valence-electron chi connectivity index (χ1n) is 12.2. The molecule has 0 aromatic heterocycles. The van der Waals surface area contributed by atoms with E-state index in [4.69, 9.17) is 4.74 Å². The molecule has 3 aromatic rings. The Kier molecular flexibility index (Phi) is 10.1. The van der Waals surface area contributed by atoms with Crippen molar-refractivity contribution in [3.63, 3.8) is 0 Å². The Labute approximate surface area is 244 Å². The number of alkyl halides is 14. The Bertz CT molecular complexity index is 1440. The van der Waals surface area contributed by atoms with E-state index in [1.165, 1.54) is 12.1 Å². The Hall–Kier alpha value is -3.96. The summed E-state index contributed by atoms with van der Waals surface area (Å²) in [5.74, 6) is -13.5. The molecule has 0 fully saturated rings. The van der Waals surface area contributed by atoms with Gasteiger partial charge in [0.05, 0.1) is 6.54 Å². The number of aliphatic hydroxyl groups is 1. The van der Waals surface area contributed by atoms with E-state index in [0.29, 0.717) is 11.0 Å². The number of anilines is 1. The molecule has 0 saturated heterocycles. The van der Waals surface area contributed by atoms with E-state index in [-0.39, 0.29) is 29.3 Å². The Balaban J connectivity index is 1.94. The first-order valence-corrected chi connectivity index (χ1v) is 12.2. The van der Waals surface area contributed by atoms with Crippen LogP contribution in [0.15, 0.2) is 72.8 Å². The van der Waals surface area contributed by atoms with Gasteiger partial charge >= 0.3 is 36.7 Å². The molecule has 18 heteroatoms. The summed E-state index contributed by atoms with van der Waals surface area (Å²) in [5.41, 5.74) is -2.49. The summed E-state index contributed by atoms with van der Waals surface area (Å²) in [4.78, 5) is 0.715. The molecule has 0 aliphatic rings. The summed E-state index contributed by atoms with van der Waals surface area (Å²) in [6, 6.07) is 10.5. The van der Waals surface area contributed by atoms with Gasteiger partial charge in [-0.05, 0) is 35.9 Å². The number of hydrogen-bond donors (Lipinski definition) is 1. The van der Waals surface area contributed by atoms with Crippen LogP contribution in [0.2, 0.25) is 0 Å². The number of ether oxygens (including phenoxy) is 2. The average Bonchev–Trinajstić information content (AvgIpc) is 2.91. The van der Waals surface area contributed by atoms with Crippen molar-refractivity contribution in [1.82, 2.24) is 0 Å². The second-order valence-corrected chi connectivity index (χ2v) is 9.32. The lowest BCUT2D eigenvalue weighted by Crippen LogP contribution is -2.50. The first kappa shape index (κ1) is 35.5. The number of benzene rings is 3. The zero-order chi connectivity index (χ0) is 34.0. The third kappa shape index (κ3) is 8.40. The molecule has 248 valence electrons. The molecule has 0 radical (unpaired) electrons. The van der Waals surface area contributed by atoms with Crippen molar-refractivity contribution in [3.05, 3.63) is 83.9 Å². The zero-order valence-corrected chi connectivity index (χ0v) is 22.0. The molecule has 0 heterocycles. The Morgan fingerprint density at radius 1 is 0.689 bits per heavy atom. The number of halogens is 14. The summed E-state index contributed by atoms with van der Waals surface area (Å²) < 4.78 is 194. The van der Waals surface area contributed by atoms with Gasteiger partial charge in [-0.1, -0.05) is 30.3 Å².